The summed E-state index contributed by atoms with van der Waals surface area (Å²) in [6, 6.07) is 0. The maximum absolute atomic E-state index is 10.8. The van der Waals surface area contributed by atoms with Crippen LogP contribution in [0.5, 0.6) is 0 Å². The first-order valence-electron chi connectivity index (χ1n) is 4.03. The molecular formula is C8H10N2O2. The van der Waals surface area contributed by atoms with E-state index in [-0.39, 0.29) is 11.7 Å². The van der Waals surface area contributed by atoms with Gasteiger partial charge in [0.1, 0.15) is 0 Å². The first-order chi connectivity index (χ1) is 5.68. The Hall–Kier alpha value is -1.19. The lowest BCUT2D eigenvalue weighted by molar-refractivity contribution is 0.0972. The summed E-state index contributed by atoms with van der Waals surface area (Å²) in [5.74, 6) is 1.71. The first kappa shape index (κ1) is 7.46. The lowest BCUT2D eigenvalue weighted by atomic mass is 10.3. The quantitative estimate of drug-likeness (QED) is 0.623. The fourth-order valence-electron chi connectivity index (χ4n) is 1.21. The van der Waals surface area contributed by atoms with E-state index in [1.807, 2.05) is 0 Å². The number of nitrogens with zero attached hydrogens (tertiary/aromatic N) is 2. The summed E-state index contributed by atoms with van der Waals surface area (Å²) >= 11 is 0. The van der Waals surface area contributed by atoms with Gasteiger partial charge in [0.05, 0.1) is 0 Å². The molecule has 0 radical (unpaired) electrons. The fraction of sp³-hybridized carbons (Fsp3) is 0.625. The molecule has 0 amide bonds. The van der Waals surface area contributed by atoms with Gasteiger partial charge in [-0.2, -0.15) is 4.98 Å². The van der Waals surface area contributed by atoms with E-state index in [4.69, 9.17) is 4.52 Å². The van der Waals surface area contributed by atoms with E-state index < -0.39 is 0 Å². The van der Waals surface area contributed by atoms with Gasteiger partial charge in [-0.25, -0.2) is 0 Å². The minimum absolute atomic E-state index is 0.129. The summed E-state index contributed by atoms with van der Waals surface area (Å²) in [6.07, 6.45) is 1.11. The monoisotopic (exact) mass is 166 g/mol. The molecular weight excluding hydrogens is 156 g/mol. The van der Waals surface area contributed by atoms with Crippen molar-refractivity contribution in [1.29, 1.82) is 0 Å². The van der Waals surface area contributed by atoms with Crippen molar-refractivity contribution in [2.24, 2.45) is 5.92 Å². The molecule has 0 aromatic carbocycles. The minimum atomic E-state index is -0.165. The minimum Gasteiger partial charge on any atom is -0.331 e. The fourth-order valence-corrected chi connectivity index (χ4v) is 1.21. The van der Waals surface area contributed by atoms with Crippen molar-refractivity contribution in [3.63, 3.8) is 0 Å². The number of hydrogen-bond acceptors (Lipinski definition) is 4. The highest BCUT2D eigenvalue weighted by Crippen LogP contribution is 2.45. The van der Waals surface area contributed by atoms with Gasteiger partial charge in [-0.15, -0.1) is 0 Å². The van der Waals surface area contributed by atoms with Crippen molar-refractivity contribution < 1.29 is 9.32 Å². The maximum Gasteiger partial charge on any atom is 0.293 e. The predicted octanol–water partition coefficient (Wildman–Crippen LogP) is 1.40. The van der Waals surface area contributed by atoms with Crippen LogP contribution in [-0.2, 0) is 0 Å². The molecule has 64 valence electrons. The van der Waals surface area contributed by atoms with Crippen molar-refractivity contribution in [3.05, 3.63) is 11.7 Å². The normalized spacial score (nSPS) is 27.2. The SMILES string of the molecule is CC(=O)c1nc(C2CC2C)no1. The van der Waals surface area contributed by atoms with Crippen molar-refractivity contribution in [1.82, 2.24) is 10.1 Å². The van der Waals surface area contributed by atoms with Crippen LogP contribution in [0.1, 0.15) is 42.7 Å². The Balaban J connectivity index is 2.19. The van der Waals surface area contributed by atoms with E-state index in [1.165, 1.54) is 6.92 Å². The van der Waals surface area contributed by atoms with Crippen molar-refractivity contribution in [2.45, 2.75) is 26.2 Å². The number of hydrogen-bond donors (Lipinski definition) is 0. The Morgan fingerprint density at radius 1 is 1.67 bits per heavy atom. The number of rotatable bonds is 2. The van der Waals surface area contributed by atoms with Crippen molar-refractivity contribution in [3.8, 4) is 0 Å². The van der Waals surface area contributed by atoms with Crippen molar-refractivity contribution in [2.75, 3.05) is 0 Å². The van der Waals surface area contributed by atoms with Crippen LogP contribution in [-0.4, -0.2) is 15.9 Å². The molecule has 1 fully saturated rings. The molecule has 1 saturated carbocycles. The summed E-state index contributed by atoms with van der Waals surface area (Å²) in [5.41, 5.74) is 0. The first-order valence-corrected chi connectivity index (χ1v) is 4.03. The molecule has 4 nitrogen and oxygen atoms in total. The molecule has 1 aromatic heterocycles. The summed E-state index contributed by atoms with van der Waals surface area (Å²) < 4.78 is 4.77. The zero-order chi connectivity index (χ0) is 8.72. The Kier molecular flexibility index (Phi) is 1.49. The highest BCUT2D eigenvalue weighted by Gasteiger charge is 2.38. The maximum atomic E-state index is 10.8. The number of carbonyl (C=O) groups is 1. The molecule has 2 rings (SSSR count). The molecule has 2 unspecified atom stereocenters. The second-order valence-electron chi connectivity index (χ2n) is 3.33. The zero-order valence-corrected chi connectivity index (χ0v) is 7.07. The molecule has 1 aliphatic rings. The average molecular weight is 166 g/mol. The van der Waals surface area contributed by atoms with E-state index >= 15 is 0 Å². The summed E-state index contributed by atoms with van der Waals surface area (Å²) in [7, 11) is 0. The standard InChI is InChI=1S/C8H10N2O2/c1-4-3-6(4)7-9-8(5(2)11)12-10-7/h4,6H,3H2,1-2H3. The van der Waals surface area contributed by atoms with Gasteiger partial charge in [-0.05, 0) is 12.3 Å². The summed E-state index contributed by atoms with van der Waals surface area (Å²) in [5, 5.41) is 3.74. The van der Waals surface area contributed by atoms with Gasteiger partial charge in [0.25, 0.3) is 5.89 Å². The van der Waals surface area contributed by atoms with Gasteiger partial charge in [-0.3, -0.25) is 4.79 Å². The zero-order valence-electron chi connectivity index (χ0n) is 7.07. The molecule has 0 aliphatic heterocycles. The Morgan fingerprint density at radius 2 is 2.33 bits per heavy atom. The molecule has 0 N–H and O–H groups in total. The van der Waals surface area contributed by atoms with Crippen LogP contribution in [0.3, 0.4) is 0 Å². The number of ketones is 1. The summed E-state index contributed by atoms with van der Waals surface area (Å²) in [4.78, 5) is 14.8. The third-order valence-corrected chi connectivity index (χ3v) is 2.18. The topological polar surface area (TPSA) is 56.0 Å². The third-order valence-electron chi connectivity index (χ3n) is 2.18. The van der Waals surface area contributed by atoms with E-state index in [1.54, 1.807) is 0 Å². The van der Waals surface area contributed by atoms with E-state index in [9.17, 15) is 4.79 Å². The number of aromatic nitrogens is 2. The van der Waals surface area contributed by atoms with Crippen LogP contribution < -0.4 is 0 Å². The van der Waals surface area contributed by atoms with E-state index in [0.717, 1.165) is 6.42 Å². The molecule has 0 spiro atoms. The van der Waals surface area contributed by atoms with Gasteiger partial charge in [0, 0.05) is 12.8 Å². The largest absolute Gasteiger partial charge is 0.331 e. The van der Waals surface area contributed by atoms with Crippen LogP contribution in [0.2, 0.25) is 0 Å². The van der Waals surface area contributed by atoms with Crippen LogP contribution >= 0.6 is 0 Å². The van der Waals surface area contributed by atoms with Gasteiger partial charge >= 0.3 is 0 Å². The van der Waals surface area contributed by atoms with Gasteiger partial charge in [0.2, 0.25) is 5.78 Å². The third kappa shape index (κ3) is 1.13. The summed E-state index contributed by atoms with van der Waals surface area (Å²) in [6.45, 7) is 3.56. The van der Waals surface area contributed by atoms with Crippen LogP contribution in [0, 0.1) is 5.92 Å². The number of carbonyl (C=O) groups excluding carboxylic acids is 1. The average Bonchev–Trinajstić information content (AvgIpc) is 2.59. The van der Waals surface area contributed by atoms with Gasteiger partial charge in [-0.1, -0.05) is 12.1 Å². The van der Waals surface area contributed by atoms with E-state index in [2.05, 4.69) is 17.1 Å². The van der Waals surface area contributed by atoms with Crippen molar-refractivity contribution >= 4 is 5.78 Å². The number of Topliss-reactive ketones (excluding diaryl/α,β-unsaturated/α-hetero) is 1. The smallest absolute Gasteiger partial charge is 0.293 e. The Labute approximate surface area is 70.0 Å². The highest BCUT2D eigenvalue weighted by molar-refractivity contribution is 5.89. The Bertz CT molecular complexity index is 319. The second kappa shape index (κ2) is 2.40. The van der Waals surface area contributed by atoms with Crippen LogP contribution in [0.15, 0.2) is 4.52 Å². The van der Waals surface area contributed by atoms with Gasteiger partial charge < -0.3 is 4.52 Å². The molecule has 4 heteroatoms. The van der Waals surface area contributed by atoms with E-state index in [0.29, 0.717) is 17.7 Å². The molecule has 2 atom stereocenters. The molecule has 12 heavy (non-hydrogen) atoms. The molecule has 1 heterocycles. The molecule has 0 bridgehead atoms. The lowest BCUT2D eigenvalue weighted by Gasteiger charge is -1.82. The van der Waals surface area contributed by atoms with Crippen LogP contribution in [0.25, 0.3) is 0 Å². The molecule has 0 saturated heterocycles. The predicted molar refractivity (Wildman–Crippen MR) is 40.8 cm³/mol. The van der Waals surface area contributed by atoms with Crippen LogP contribution in [0.4, 0.5) is 0 Å². The molecule has 1 aliphatic carbocycles. The lowest BCUT2D eigenvalue weighted by Crippen LogP contribution is -1.92. The highest BCUT2D eigenvalue weighted by atomic mass is 16.5. The Morgan fingerprint density at radius 3 is 2.75 bits per heavy atom. The molecule has 1 aromatic rings. The second-order valence-corrected chi connectivity index (χ2v) is 3.33. The van der Waals surface area contributed by atoms with Gasteiger partial charge in [0.15, 0.2) is 5.82 Å².